The molecule has 1 fully saturated rings. The lowest BCUT2D eigenvalue weighted by molar-refractivity contribution is 0.157. The summed E-state index contributed by atoms with van der Waals surface area (Å²) in [7, 11) is 0. The maximum Gasteiger partial charge on any atom is 0.0626 e. The molecule has 2 aromatic carbocycles. The highest BCUT2D eigenvalue weighted by Gasteiger charge is 2.41. The van der Waals surface area contributed by atoms with Gasteiger partial charge in [0.1, 0.15) is 0 Å². The molecule has 1 aliphatic heterocycles. The molecule has 1 heterocycles. The van der Waals surface area contributed by atoms with E-state index in [0.717, 1.165) is 26.1 Å². The molecule has 3 rings (SSSR count). The molecule has 1 saturated heterocycles. The van der Waals surface area contributed by atoms with Crippen LogP contribution in [0.1, 0.15) is 24.5 Å². The molecule has 3 nitrogen and oxygen atoms in total. The molecule has 0 saturated carbocycles. The number of hydrogen-bond acceptors (Lipinski definition) is 3. The van der Waals surface area contributed by atoms with Crippen molar-refractivity contribution in [2.24, 2.45) is 0 Å². The van der Waals surface area contributed by atoms with Crippen LogP contribution >= 0.6 is 0 Å². The van der Waals surface area contributed by atoms with E-state index in [9.17, 15) is 5.11 Å². The Morgan fingerprint density at radius 2 is 1.65 bits per heavy atom. The first kappa shape index (κ1) is 16.2. The first-order chi connectivity index (χ1) is 11.2. The second kappa shape index (κ2) is 7.26. The molecule has 0 amide bonds. The van der Waals surface area contributed by atoms with Crippen molar-refractivity contribution in [1.29, 1.82) is 0 Å². The average molecular weight is 310 g/mol. The van der Waals surface area contributed by atoms with Crippen LogP contribution in [0, 0.1) is 0 Å². The minimum absolute atomic E-state index is 0.176. The van der Waals surface area contributed by atoms with Crippen LogP contribution in [0.5, 0.6) is 0 Å². The summed E-state index contributed by atoms with van der Waals surface area (Å²) in [6, 6.07) is 21.4. The largest absolute Gasteiger partial charge is 0.394 e. The third kappa shape index (κ3) is 3.99. The predicted molar refractivity (Wildman–Crippen MR) is 94.0 cm³/mol. The van der Waals surface area contributed by atoms with Gasteiger partial charge in [0, 0.05) is 25.7 Å². The number of nitrogens with zero attached hydrogens (tertiary/aromatic N) is 1. The van der Waals surface area contributed by atoms with Crippen LogP contribution < -0.4 is 5.32 Å². The summed E-state index contributed by atoms with van der Waals surface area (Å²) < 4.78 is 0. The first-order valence-corrected chi connectivity index (χ1v) is 8.39. The number of rotatable bonds is 6. The lowest BCUT2D eigenvalue weighted by Gasteiger charge is -2.29. The van der Waals surface area contributed by atoms with E-state index in [4.69, 9.17) is 0 Å². The fourth-order valence-corrected chi connectivity index (χ4v) is 3.52. The Kier molecular flexibility index (Phi) is 5.11. The number of aliphatic hydroxyl groups is 1. The maximum atomic E-state index is 10.0. The van der Waals surface area contributed by atoms with Gasteiger partial charge >= 0.3 is 0 Å². The van der Waals surface area contributed by atoms with Gasteiger partial charge in [-0.3, -0.25) is 4.90 Å². The minimum atomic E-state index is -0.204. The smallest absolute Gasteiger partial charge is 0.0626 e. The van der Waals surface area contributed by atoms with Gasteiger partial charge in [0.15, 0.2) is 0 Å². The molecule has 2 N–H and O–H groups in total. The number of likely N-dealkylation sites (tertiary alicyclic amines) is 1. The summed E-state index contributed by atoms with van der Waals surface area (Å²) >= 11 is 0. The Bertz CT molecular complexity index is 602. The summed E-state index contributed by atoms with van der Waals surface area (Å²) in [4.78, 5) is 2.46. The zero-order chi connectivity index (χ0) is 16.1. The summed E-state index contributed by atoms with van der Waals surface area (Å²) in [5, 5.41) is 13.6. The van der Waals surface area contributed by atoms with Crippen molar-refractivity contribution in [3.8, 4) is 0 Å². The van der Waals surface area contributed by atoms with E-state index < -0.39 is 0 Å². The van der Waals surface area contributed by atoms with Gasteiger partial charge in [-0.1, -0.05) is 60.7 Å². The number of nitrogens with one attached hydrogen (secondary N) is 1. The van der Waals surface area contributed by atoms with Crippen LogP contribution in [-0.4, -0.2) is 34.7 Å². The molecule has 1 aliphatic rings. The summed E-state index contributed by atoms with van der Waals surface area (Å²) in [6.45, 7) is 5.05. The Labute approximate surface area is 139 Å². The molecular formula is C20H26N2O. The van der Waals surface area contributed by atoms with Crippen molar-refractivity contribution in [2.75, 3.05) is 13.2 Å². The van der Waals surface area contributed by atoms with Crippen molar-refractivity contribution in [3.05, 3.63) is 71.8 Å². The number of hydrogen-bond donors (Lipinski definition) is 2. The molecule has 23 heavy (non-hydrogen) atoms. The van der Waals surface area contributed by atoms with Gasteiger partial charge in [-0.25, -0.2) is 0 Å². The first-order valence-electron chi connectivity index (χ1n) is 8.39. The van der Waals surface area contributed by atoms with Gasteiger partial charge in [-0.2, -0.15) is 0 Å². The Morgan fingerprint density at radius 1 is 1.04 bits per heavy atom. The van der Waals surface area contributed by atoms with Crippen molar-refractivity contribution in [1.82, 2.24) is 10.2 Å². The van der Waals surface area contributed by atoms with Crippen LogP contribution in [0.3, 0.4) is 0 Å². The van der Waals surface area contributed by atoms with E-state index >= 15 is 0 Å². The van der Waals surface area contributed by atoms with Gasteiger partial charge in [0.25, 0.3) is 0 Å². The van der Waals surface area contributed by atoms with Gasteiger partial charge in [-0.05, 0) is 24.5 Å². The molecule has 0 spiro atoms. The fraction of sp³-hybridized carbons (Fsp3) is 0.400. The van der Waals surface area contributed by atoms with E-state index in [2.05, 4.69) is 71.7 Å². The van der Waals surface area contributed by atoms with E-state index in [1.807, 2.05) is 6.07 Å². The van der Waals surface area contributed by atoms with E-state index in [1.165, 1.54) is 11.1 Å². The standard InChI is InChI=1S/C20H26N2O/c1-17-12-20(16-23,21-13-18-8-4-2-5-9-18)15-22(17)14-19-10-6-3-7-11-19/h2-11,17,21,23H,12-16H2,1H3. The molecule has 2 atom stereocenters. The zero-order valence-electron chi connectivity index (χ0n) is 13.8. The quantitative estimate of drug-likeness (QED) is 0.861. The van der Waals surface area contributed by atoms with Crippen molar-refractivity contribution in [2.45, 2.75) is 38.0 Å². The van der Waals surface area contributed by atoms with Gasteiger partial charge in [0.05, 0.1) is 12.1 Å². The second-order valence-corrected chi connectivity index (χ2v) is 6.72. The molecular weight excluding hydrogens is 284 g/mol. The Balaban J connectivity index is 1.64. The summed E-state index contributed by atoms with van der Waals surface area (Å²) in [5.41, 5.74) is 2.38. The highest BCUT2D eigenvalue weighted by molar-refractivity contribution is 5.17. The molecule has 0 aromatic heterocycles. The van der Waals surface area contributed by atoms with E-state index in [0.29, 0.717) is 6.04 Å². The number of benzene rings is 2. The van der Waals surface area contributed by atoms with Crippen LogP contribution in [-0.2, 0) is 13.1 Å². The van der Waals surface area contributed by atoms with Crippen LogP contribution in [0.15, 0.2) is 60.7 Å². The fourth-order valence-electron chi connectivity index (χ4n) is 3.52. The molecule has 0 radical (unpaired) electrons. The maximum absolute atomic E-state index is 10.0. The van der Waals surface area contributed by atoms with Crippen molar-refractivity contribution < 1.29 is 5.11 Å². The highest BCUT2D eigenvalue weighted by atomic mass is 16.3. The van der Waals surface area contributed by atoms with Crippen LogP contribution in [0.2, 0.25) is 0 Å². The third-order valence-electron chi connectivity index (χ3n) is 4.86. The lowest BCUT2D eigenvalue weighted by Crippen LogP contribution is -2.50. The molecule has 0 bridgehead atoms. The number of aliphatic hydroxyl groups excluding tert-OH is 1. The highest BCUT2D eigenvalue weighted by Crippen LogP contribution is 2.28. The third-order valence-corrected chi connectivity index (χ3v) is 4.86. The van der Waals surface area contributed by atoms with Crippen LogP contribution in [0.25, 0.3) is 0 Å². The summed E-state index contributed by atoms with van der Waals surface area (Å²) in [6.07, 6.45) is 0.975. The average Bonchev–Trinajstić information content (AvgIpc) is 2.91. The molecule has 2 unspecified atom stereocenters. The summed E-state index contributed by atoms with van der Waals surface area (Å²) in [5.74, 6) is 0. The van der Waals surface area contributed by atoms with Crippen molar-refractivity contribution in [3.63, 3.8) is 0 Å². The molecule has 122 valence electrons. The minimum Gasteiger partial charge on any atom is -0.394 e. The SMILES string of the molecule is CC1CC(CO)(NCc2ccccc2)CN1Cc1ccccc1. The van der Waals surface area contributed by atoms with Gasteiger partial charge in [0.2, 0.25) is 0 Å². The monoisotopic (exact) mass is 310 g/mol. The van der Waals surface area contributed by atoms with E-state index in [-0.39, 0.29) is 12.1 Å². The predicted octanol–water partition coefficient (Wildman–Crippen LogP) is 2.80. The second-order valence-electron chi connectivity index (χ2n) is 6.72. The Morgan fingerprint density at radius 3 is 2.26 bits per heavy atom. The Hall–Kier alpha value is -1.68. The normalized spacial score (nSPS) is 24.9. The van der Waals surface area contributed by atoms with Crippen LogP contribution in [0.4, 0.5) is 0 Å². The lowest BCUT2D eigenvalue weighted by atomic mass is 9.97. The molecule has 2 aromatic rings. The van der Waals surface area contributed by atoms with Gasteiger partial charge < -0.3 is 10.4 Å². The van der Waals surface area contributed by atoms with Gasteiger partial charge in [-0.15, -0.1) is 0 Å². The van der Waals surface area contributed by atoms with Crippen molar-refractivity contribution >= 4 is 0 Å². The zero-order valence-corrected chi connectivity index (χ0v) is 13.8. The topological polar surface area (TPSA) is 35.5 Å². The molecule has 3 heteroatoms. The molecule has 0 aliphatic carbocycles. The van der Waals surface area contributed by atoms with E-state index in [1.54, 1.807) is 0 Å².